The number of rotatable bonds is 24. The summed E-state index contributed by atoms with van der Waals surface area (Å²) in [5, 5.41) is 69.7. The van der Waals surface area contributed by atoms with Gasteiger partial charge < -0.3 is 66.0 Å². The number of likely N-dealkylation sites (N-methyl/N-ethyl adjacent to an activating group) is 1. The highest BCUT2D eigenvalue weighted by Gasteiger charge is 2.39. The predicted octanol–water partition coefficient (Wildman–Crippen LogP) is 20.4. The number of aryl methyl sites for hydroxylation is 10. The van der Waals surface area contributed by atoms with Crippen molar-refractivity contribution in [2.45, 2.75) is 214 Å². The minimum Gasteiger partial charge on any atom is -0.633 e. The molecule has 42 heteroatoms. The first-order valence-corrected chi connectivity index (χ1v) is 50.2. The Kier molecular flexibility index (Phi) is 33.4. The van der Waals surface area contributed by atoms with Crippen molar-refractivity contribution < 1.29 is 46.1 Å². The van der Waals surface area contributed by atoms with Gasteiger partial charge in [-0.15, -0.1) is 0 Å². The zero-order valence-corrected chi connectivity index (χ0v) is 85.5. The molecule has 19 rings (SSSR count). The number of aromatic nitrogens is 17. The number of hydrogen-bond donors (Lipinski definition) is 11. The van der Waals surface area contributed by atoms with Crippen molar-refractivity contribution >= 4 is 134 Å². The van der Waals surface area contributed by atoms with E-state index < -0.39 is 11.9 Å². The van der Waals surface area contributed by atoms with E-state index in [0.717, 1.165) is 145 Å². The topological polar surface area (TPSA) is 424 Å². The Morgan fingerprint density at radius 1 is 0.472 bits per heavy atom. The molecule has 11 N–H and O–H groups in total. The van der Waals surface area contributed by atoms with E-state index >= 15 is 13.2 Å². The fourth-order valence-corrected chi connectivity index (χ4v) is 20.5. The number of piperidine rings is 4. The van der Waals surface area contributed by atoms with Crippen molar-refractivity contribution in [3.63, 3.8) is 0 Å². The second-order valence-electron chi connectivity index (χ2n) is 38.4. The third-order valence-electron chi connectivity index (χ3n) is 27.8. The molecule has 6 fully saturated rings. The second-order valence-corrected chi connectivity index (χ2v) is 40.0. The summed E-state index contributed by atoms with van der Waals surface area (Å²) in [6.07, 6.45) is 16.5. The van der Waals surface area contributed by atoms with Crippen LogP contribution in [0.4, 0.5) is 87.4 Å². The van der Waals surface area contributed by atoms with Gasteiger partial charge in [-0.2, -0.15) is 30.4 Å². The number of anilines is 12. The van der Waals surface area contributed by atoms with Crippen LogP contribution in [0.1, 0.15) is 226 Å². The number of aromatic amines is 4. The lowest BCUT2D eigenvalue weighted by molar-refractivity contribution is -0.884. The Hall–Kier alpha value is -12.7. The number of ketones is 1. The lowest BCUT2D eigenvalue weighted by Gasteiger charge is -2.47. The van der Waals surface area contributed by atoms with Crippen LogP contribution in [0, 0.1) is 97.7 Å². The van der Waals surface area contributed by atoms with E-state index in [1.54, 1.807) is 55.1 Å². The van der Waals surface area contributed by atoms with Gasteiger partial charge in [0, 0.05) is 131 Å². The van der Waals surface area contributed by atoms with E-state index in [2.05, 4.69) is 129 Å². The van der Waals surface area contributed by atoms with Crippen molar-refractivity contribution in [1.29, 1.82) is 0 Å². The molecule has 144 heavy (non-hydrogen) atoms. The van der Waals surface area contributed by atoms with Gasteiger partial charge in [-0.05, 0) is 263 Å². The normalized spacial score (nSPS) is 18.3. The molecule has 0 radical (unpaired) electrons. The standard InChI is InChI=1S/C27H33ClFN7O2.C27H32ClFN6O.C26H28ClFN8O2.C22H27ClFN7O/c1-15-8-18(10-24-30-13-21(28)26(31-24)32-25-9-16(2)33-34-25)22(29)12-20(15)17-4-6-36(7-5-17)27(38)23-11-19(37)14-35(23)3;1-16-11-19(13-25-30-15-23(28)27(31-25)32-26-12-17(2)33-34-26)24(29)14-22(16)18-7-9-35(10-8-18)20-3-5-21(36)6-4-20;1-13-9-21(31-26-29-12-19(27)24(33-26)32-22-10-14(2)34-35-22)20(28)11-18(13)17-5-7-36(8-6-17)25(37)23-15(3)30-16(4)38-23;1-4-31(32)7-5-15(6-8-31)16-11-18(24)19(9-13(16)2)26-22-25-12-17(23)21(28-22)27-20-10-14(3)29-30-20/h8-9,12-13,17,19,23,37H,4-7,10-11,14H2,1-3H3,(H2,30,31,32,33,34);11-12,14-15,18,20H,3-10,13H2,1-2H3,(H2,30,31,32,33,34);9-12,17H,5-8H2,1-4H3,(H3,29,31,32,33,34,35);9-12,15H,4-8H2,1-3H3,(H3,25,26,27,28,29,30)/t19?,23-;;;/m0.../s1. The van der Waals surface area contributed by atoms with E-state index in [0.29, 0.717) is 196 Å². The van der Waals surface area contributed by atoms with Crippen LogP contribution in [0.15, 0.2) is 102 Å². The molecule has 760 valence electrons. The maximum atomic E-state index is 15.3. The van der Waals surface area contributed by atoms with Crippen molar-refractivity contribution in [1.82, 2.24) is 105 Å². The number of hydroxylamine groups is 3. The highest BCUT2D eigenvalue weighted by molar-refractivity contribution is 6.34. The summed E-state index contributed by atoms with van der Waals surface area (Å²) in [6, 6.07) is 21.4. The molecule has 13 aromatic rings. The molecular formula is C102H120Cl4F4N28O6. The van der Waals surface area contributed by atoms with Gasteiger partial charge >= 0.3 is 0 Å². The van der Waals surface area contributed by atoms with Gasteiger partial charge in [0.1, 0.15) is 60.8 Å². The lowest BCUT2D eigenvalue weighted by Crippen LogP contribution is -2.47. The molecule has 34 nitrogen and oxygen atoms in total. The first-order valence-electron chi connectivity index (χ1n) is 48.7. The van der Waals surface area contributed by atoms with Crippen LogP contribution in [0.2, 0.25) is 20.1 Å². The Bertz CT molecular complexity index is 6750. The minimum atomic E-state index is -0.447. The molecule has 1 aliphatic carbocycles. The van der Waals surface area contributed by atoms with Crippen LogP contribution in [0.25, 0.3) is 0 Å². The summed E-state index contributed by atoms with van der Waals surface area (Å²) in [7, 11) is 1.88. The molecule has 6 aliphatic rings. The number of aliphatic hydroxyl groups excluding tert-OH is 1. The Morgan fingerprint density at radius 2 is 0.840 bits per heavy atom. The molecule has 5 saturated heterocycles. The van der Waals surface area contributed by atoms with Crippen LogP contribution < -0.4 is 31.9 Å². The second kappa shape index (κ2) is 46.2. The summed E-state index contributed by atoms with van der Waals surface area (Å²) in [5.74, 6) is 5.90. The number of Topliss-reactive ketones (excluding diaryl/α,β-unsaturated/α-hetero) is 1. The van der Waals surface area contributed by atoms with Crippen LogP contribution in [0.5, 0.6) is 0 Å². The molecule has 1 saturated carbocycles. The largest absolute Gasteiger partial charge is 0.633 e. The number of benzene rings is 4. The van der Waals surface area contributed by atoms with Crippen molar-refractivity contribution in [3.05, 3.63) is 254 Å². The van der Waals surface area contributed by atoms with E-state index in [4.69, 9.17) is 50.8 Å². The zero-order chi connectivity index (χ0) is 102. The molecular weight excluding hydrogens is 1930 g/mol. The van der Waals surface area contributed by atoms with Gasteiger partial charge in [-0.3, -0.25) is 39.7 Å². The number of halogens is 8. The molecule has 5 aliphatic heterocycles. The van der Waals surface area contributed by atoms with Gasteiger partial charge in [0.25, 0.3) is 5.91 Å². The van der Waals surface area contributed by atoms with Gasteiger partial charge in [0.15, 0.2) is 52.4 Å². The van der Waals surface area contributed by atoms with Crippen molar-refractivity contribution in [3.8, 4) is 0 Å². The number of quaternary nitrogens is 1. The average Bonchev–Trinajstić information content (AvgIpc) is 1.79. The van der Waals surface area contributed by atoms with Crippen LogP contribution in [0.3, 0.4) is 0 Å². The predicted molar refractivity (Wildman–Crippen MR) is 547 cm³/mol. The van der Waals surface area contributed by atoms with E-state index in [1.165, 1.54) is 24.8 Å². The fraction of sp³-hybridized carbons (Fsp3) is 0.431. The SMILES string of the molecule is CC[N+]1([O-])CCC(c2cc(F)c(Nc3ncc(Cl)c(Nc4cc(C)[nH]n4)n3)cc2C)CC1.Cc1cc(Nc2nc(Cc3cc(C)c(C4CCN(C(=O)[C@@H]5CC(O)CN5C)CC4)cc3F)ncc2Cl)n[nH]1.Cc1cc(Nc2nc(Cc3cc(C)c(C4CCN(C5CCC(=O)CC5)CC4)cc3F)ncc2Cl)n[nH]1.Cc1cc(Nc2nc(Nc3cc(C)c(C4CCN(C(=O)c5oc(C)nc5C)CC4)cc3F)ncc2Cl)n[nH]1. The third kappa shape index (κ3) is 26.0. The molecule has 1 unspecified atom stereocenters. The Balaban J connectivity index is 0.000000138. The molecule has 0 spiro atoms. The number of β-amino-alcohol motifs (C(OH)–C–C–N with tert-alkyl or cyclic N) is 1. The molecule has 14 heterocycles. The van der Waals surface area contributed by atoms with Crippen molar-refractivity contribution in [2.75, 3.05) is 104 Å². The number of carbonyl (C=O) groups excluding carboxylic acids is 3. The maximum absolute atomic E-state index is 15.3. The van der Waals surface area contributed by atoms with Crippen molar-refractivity contribution in [2.24, 2.45) is 0 Å². The zero-order valence-electron chi connectivity index (χ0n) is 82.5. The lowest BCUT2D eigenvalue weighted by atomic mass is 9.84. The summed E-state index contributed by atoms with van der Waals surface area (Å²) >= 11 is 25.0. The van der Waals surface area contributed by atoms with E-state index in [-0.39, 0.29) is 93.8 Å². The highest BCUT2D eigenvalue weighted by atomic mass is 35.5. The molecule has 2 amide bonds. The molecule has 4 aromatic carbocycles. The monoisotopic (exact) mass is 2050 g/mol. The summed E-state index contributed by atoms with van der Waals surface area (Å²) in [4.78, 5) is 84.4. The number of aliphatic hydroxyl groups is 1. The van der Waals surface area contributed by atoms with Crippen LogP contribution in [-0.4, -0.2) is 223 Å². The number of carbonyl (C=O) groups is 3. The number of oxazole rings is 1. The Labute approximate surface area is 852 Å². The van der Waals surface area contributed by atoms with E-state index in [9.17, 15) is 29.1 Å². The first-order chi connectivity index (χ1) is 69.0. The third-order valence-corrected chi connectivity index (χ3v) is 28.9. The van der Waals surface area contributed by atoms with E-state index in [1.807, 2.05) is 109 Å². The fourth-order valence-electron chi connectivity index (χ4n) is 20.0. The smallest absolute Gasteiger partial charge is 0.291 e. The first kappa shape index (κ1) is 104. The Morgan fingerprint density at radius 3 is 1.21 bits per heavy atom. The quantitative estimate of drug-likeness (QED) is 0.0152. The average molecular weight is 2050 g/mol. The van der Waals surface area contributed by atoms with Gasteiger partial charge in [-0.25, -0.2) is 52.4 Å². The highest BCUT2D eigenvalue weighted by Crippen LogP contribution is 2.42. The van der Waals surface area contributed by atoms with Crippen LogP contribution >= 0.6 is 46.4 Å². The van der Waals surface area contributed by atoms with Crippen LogP contribution in [-0.2, 0) is 22.4 Å². The van der Waals surface area contributed by atoms with Gasteiger partial charge in [-0.1, -0.05) is 58.5 Å². The maximum Gasteiger partial charge on any atom is 0.291 e. The summed E-state index contributed by atoms with van der Waals surface area (Å²) < 4.78 is 66.1. The summed E-state index contributed by atoms with van der Waals surface area (Å²) in [5.41, 5.74) is 13.8. The van der Waals surface area contributed by atoms with Gasteiger partial charge in [0.05, 0.1) is 73.6 Å². The number of H-pyrrole nitrogens is 4. The minimum absolute atomic E-state index is 0.0833. The van der Waals surface area contributed by atoms with Gasteiger partial charge in [0.2, 0.25) is 23.6 Å². The number of amides is 2. The molecule has 9 aromatic heterocycles. The number of nitrogens with zero attached hydrogens (tertiary/aromatic N) is 18. The summed E-state index contributed by atoms with van der Waals surface area (Å²) in [6.45, 7) is 27.6. The number of nitrogens with one attached hydrogen (secondary N) is 10. The number of likely N-dealkylation sites (tertiary alicyclic amines) is 5. The molecule has 0 bridgehead atoms. The number of hydrogen-bond acceptors (Lipinski definition) is 27. The molecule has 2 atom stereocenters.